The minimum absolute atomic E-state index is 0.268. The van der Waals surface area contributed by atoms with Crippen molar-refractivity contribution in [1.29, 1.82) is 0 Å². The third kappa shape index (κ3) is 4.94. The molecule has 168 valence electrons. The molecule has 1 aliphatic heterocycles. The second kappa shape index (κ2) is 9.67. The summed E-state index contributed by atoms with van der Waals surface area (Å²) in [5, 5.41) is 6.11. The van der Waals surface area contributed by atoms with Crippen LogP contribution in [0.15, 0.2) is 66.7 Å². The molecule has 0 unspecified atom stereocenters. The third-order valence-corrected chi connectivity index (χ3v) is 5.52. The van der Waals surface area contributed by atoms with E-state index >= 15 is 0 Å². The summed E-state index contributed by atoms with van der Waals surface area (Å²) >= 11 is 0. The largest absolute Gasteiger partial charge is 0.469 e. The van der Waals surface area contributed by atoms with Crippen LogP contribution in [-0.4, -0.2) is 19.0 Å². The first kappa shape index (κ1) is 22.2. The van der Waals surface area contributed by atoms with Gasteiger partial charge in [-0.3, -0.25) is 9.59 Å². The molecule has 1 heterocycles. The molecule has 1 amide bonds. The molecule has 4 rings (SSSR count). The highest BCUT2D eigenvalue weighted by atomic mass is 19.1. The van der Waals surface area contributed by atoms with Crippen molar-refractivity contribution in [3.63, 3.8) is 0 Å². The molecule has 0 aromatic heterocycles. The molecule has 0 saturated carbocycles. The normalized spacial score (nSPS) is 13.8. The third-order valence-electron chi connectivity index (χ3n) is 5.52. The van der Waals surface area contributed by atoms with Gasteiger partial charge in [-0.05, 0) is 53.4 Å². The van der Waals surface area contributed by atoms with E-state index in [2.05, 4.69) is 10.6 Å². The topological polar surface area (TPSA) is 93.4 Å². The number of hydrogen-bond donors (Lipinski definition) is 3. The zero-order valence-corrected chi connectivity index (χ0v) is 18.2. The number of amides is 1. The summed E-state index contributed by atoms with van der Waals surface area (Å²) in [6.07, 6.45) is 0.840. The van der Waals surface area contributed by atoms with Gasteiger partial charge < -0.3 is 21.1 Å². The number of benzene rings is 3. The molecular weight excluding hydrogens is 421 g/mol. The highest BCUT2D eigenvalue weighted by molar-refractivity contribution is 6.37. The Kier molecular flexibility index (Phi) is 6.51. The number of ether oxygens (including phenoxy) is 1. The zero-order valence-electron chi connectivity index (χ0n) is 18.2. The van der Waals surface area contributed by atoms with E-state index in [0.29, 0.717) is 35.5 Å². The summed E-state index contributed by atoms with van der Waals surface area (Å²) in [5.41, 5.74) is 11.3. The van der Waals surface area contributed by atoms with Gasteiger partial charge in [0.2, 0.25) is 0 Å². The number of nitrogens with one attached hydrogen (secondary N) is 2. The minimum Gasteiger partial charge on any atom is -0.469 e. The number of rotatable bonds is 7. The lowest BCUT2D eigenvalue weighted by Crippen LogP contribution is -2.10. The number of fused-ring (bicyclic) bond motifs is 1. The van der Waals surface area contributed by atoms with Gasteiger partial charge in [-0.2, -0.15) is 0 Å². The average molecular weight is 445 g/mol. The van der Waals surface area contributed by atoms with Crippen LogP contribution in [0, 0.1) is 5.82 Å². The molecule has 6 nitrogen and oxygen atoms in total. The quantitative estimate of drug-likeness (QED) is 0.372. The summed E-state index contributed by atoms with van der Waals surface area (Å²) in [6.45, 7) is 0.433. The average Bonchev–Trinajstić information content (AvgIpc) is 3.16. The molecule has 33 heavy (non-hydrogen) atoms. The molecule has 0 atom stereocenters. The Bertz CT molecular complexity index is 1220. The number of aryl methyl sites for hydroxylation is 1. The number of anilines is 2. The van der Waals surface area contributed by atoms with Crippen LogP contribution in [0.25, 0.3) is 11.3 Å². The van der Waals surface area contributed by atoms with Crippen LogP contribution in [-0.2, 0) is 27.3 Å². The standard InChI is InChI=1S/C26H24FN3O3/c1-33-23(31)13-6-16-2-7-18(8-3-16)25(29-20-10-4-17(15-28)5-11-20)24-21-12-9-19(27)14-22(21)30-26(24)32/h2-5,7-12,14,29H,6,13,15,28H2,1H3,(H,30,32). The van der Waals surface area contributed by atoms with E-state index < -0.39 is 5.82 Å². The molecule has 3 aromatic rings. The monoisotopic (exact) mass is 445 g/mol. The lowest BCUT2D eigenvalue weighted by molar-refractivity contribution is -0.140. The molecule has 0 saturated heterocycles. The van der Waals surface area contributed by atoms with Crippen molar-refractivity contribution < 1.29 is 18.7 Å². The van der Waals surface area contributed by atoms with Crippen LogP contribution in [0.4, 0.5) is 15.8 Å². The van der Waals surface area contributed by atoms with Crippen LogP contribution in [0.3, 0.4) is 0 Å². The molecular formula is C26H24FN3O3. The van der Waals surface area contributed by atoms with E-state index in [4.69, 9.17) is 10.5 Å². The SMILES string of the molecule is COC(=O)CCc1ccc(C(Nc2ccc(CN)cc2)=C2C(=O)Nc3cc(F)ccc32)cc1. The van der Waals surface area contributed by atoms with Gasteiger partial charge in [0.15, 0.2) is 0 Å². The Morgan fingerprint density at radius 2 is 1.73 bits per heavy atom. The smallest absolute Gasteiger partial charge is 0.305 e. The molecule has 7 heteroatoms. The number of carbonyl (C=O) groups excluding carboxylic acids is 2. The van der Waals surface area contributed by atoms with Crippen LogP contribution < -0.4 is 16.4 Å². The van der Waals surface area contributed by atoms with Crippen molar-refractivity contribution >= 4 is 34.5 Å². The summed E-state index contributed by atoms with van der Waals surface area (Å²) in [4.78, 5) is 24.4. The number of methoxy groups -OCH3 is 1. The molecule has 0 bridgehead atoms. The van der Waals surface area contributed by atoms with Crippen molar-refractivity contribution in [2.45, 2.75) is 19.4 Å². The second-order valence-corrected chi connectivity index (χ2v) is 7.69. The fourth-order valence-corrected chi connectivity index (χ4v) is 3.73. The Labute approximate surface area is 191 Å². The van der Waals surface area contributed by atoms with Gasteiger partial charge in [-0.15, -0.1) is 0 Å². The predicted octanol–water partition coefficient (Wildman–Crippen LogP) is 4.32. The van der Waals surface area contributed by atoms with Crippen molar-refractivity contribution in [1.82, 2.24) is 0 Å². The number of esters is 1. The van der Waals surface area contributed by atoms with Crippen molar-refractivity contribution in [2.75, 3.05) is 17.7 Å². The highest BCUT2D eigenvalue weighted by Gasteiger charge is 2.28. The summed E-state index contributed by atoms with van der Waals surface area (Å²) < 4.78 is 18.4. The Morgan fingerprint density at radius 3 is 2.39 bits per heavy atom. The molecule has 0 fully saturated rings. The number of halogens is 1. The van der Waals surface area contributed by atoms with Crippen molar-refractivity contribution in [3.8, 4) is 0 Å². The highest BCUT2D eigenvalue weighted by Crippen LogP contribution is 2.38. The van der Waals surface area contributed by atoms with Gasteiger partial charge in [0.1, 0.15) is 5.82 Å². The summed E-state index contributed by atoms with van der Waals surface area (Å²) in [5.74, 6) is -1.00. The molecule has 3 aromatic carbocycles. The second-order valence-electron chi connectivity index (χ2n) is 7.69. The van der Waals surface area contributed by atoms with E-state index in [9.17, 15) is 14.0 Å². The fourth-order valence-electron chi connectivity index (χ4n) is 3.73. The summed E-state index contributed by atoms with van der Waals surface area (Å²) in [6, 6.07) is 19.5. The molecule has 0 aliphatic carbocycles. The van der Waals surface area contributed by atoms with Gasteiger partial charge in [0.05, 0.1) is 24.1 Å². The van der Waals surface area contributed by atoms with E-state index in [1.165, 1.54) is 19.2 Å². The van der Waals surface area contributed by atoms with Crippen molar-refractivity contribution in [2.24, 2.45) is 5.73 Å². The minimum atomic E-state index is -0.419. The number of hydrogen-bond acceptors (Lipinski definition) is 5. The lowest BCUT2D eigenvalue weighted by Gasteiger charge is -2.16. The Balaban J connectivity index is 1.75. The molecule has 0 spiro atoms. The van der Waals surface area contributed by atoms with E-state index in [1.807, 2.05) is 48.5 Å². The van der Waals surface area contributed by atoms with Crippen LogP contribution in [0.2, 0.25) is 0 Å². The number of carbonyl (C=O) groups is 2. The Morgan fingerprint density at radius 1 is 1.03 bits per heavy atom. The maximum absolute atomic E-state index is 13.7. The molecule has 4 N–H and O–H groups in total. The van der Waals surface area contributed by atoms with Crippen LogP contribution in [0.5, 0.6) is 0 Å². The molecule has 1 aliphatic rings. The first-order valence-electron chi connectivity index (χ1n) is 10.6. The van der Waals surface area contributed by atoms with Gasteiger partial charge in [-0.1, -0.05) is 36.4 Å². The summed E-state index contributed by atoms with van der Waals surface area (Å²) in [7, 11) is 1.37. The van der Waals surface area contributed by atoms with E-state index in [-0.39, 0.29) is 18.3 Å². The van der Waals surface area contributed by atoms with Gasteiger partial charge in [-0.25, -0.2) is 4.39 Å². The van der Waals surface area contributed by atoms with E-state index in [0.717, 1.165) is 22.4 Å². The molecule has 0 radical (unpaired) electrons. The van der Waals surface area contributed by atoms with Gasteiger partial charge in [0, 0.05) is 24.2 Å². The maximum atomic E-state index is 13.7. The van der Waals surface area contributed by atoms with Crippen molar-refractivity contribution in [3.05, 3.63) is 94.8 Å². The van der Waals surface area contributed by atoms with Gasteiger partial charge >= 0.3 is 5.97 Å². The van der Waals surface area contributed by atoms with E-state index in [1.54, 1.807) is 6.07 Å². The first-order chi connectivity index (χ1) is 16.0. The Hall–Kier alpha value is -3.97. The first-order valence-corrected chi connectivity index (χ1v) is 10.6. The van der Waals surface area contributed by atoms with Crippen LogP contribution in [0.1, 0.15) is 28.7 Å². The lowest BCUT2D eigenvalue weighted by atomic mass is 9.98. The number of nitrogens with two attached hydrogens (primary N) is 1. The fraction of sp³-hybridized carbons (Fsp3) is 0.154. The van der Waals surface area contributed by atoms with Crippen LogP contribution >= 0.6 is 0 Å². The maximum Gasteiger partial charge on any atom is 0.305 e. The van der Waals surface area contributed by atoms with Gasteiger partial charge in [0.25, 0.3) is 5.91 Å². The predicted molar refractivity (Wildman–Crippen MR) is 127 cm³/mol. The zero-order chi connectivity index (χ0) is 23.4.